The number of esters is 1. The Labute approximate surface area is 230 Å². The average Bonchev–Trinajstić information content (AvgIpc) is 3.59. The number of alkyl carbamates (subject to hydrolysis) is 1. The normalized spacial score (nSPS) is 12.5. The van der Waals surface area contributed by atoms with Gasteiger partial charge in [-0.1, -0.05) is 66.7 Å². The predicted octanol–water partition coefficient (Wildman–Crippen LogP) is 4.39. The first-order chi connectivity index (χ1) is 19.5. The molecule has 204 valence electrons. The number of ether oxygens (including phenoxy) is 2. The number of H-pyrrole nitrogens is 2. The minimum atomic E-state index is -1.02. The van der Waals surface area contributed by atoms with Gasteiger partial charge in [0.1, 0.15) is 18.7 Å². The quantitative estimate of drug-likeness (QED) is 0.196. The third kappa shape index (κ3) is 6.15. The molecule has 9 heteroatoms. The number of carbonyl (C=O) groups is 3. The molecule has 5 rings (SSSR count). The van der Waals surface area contributed by atoms with Crippen LogP contribution in [-0.4, -0.2) is 47.1 Å². The van der Waals surface area contributed by atoms with Gasteiger partial charge in [0.2, 0.25) is 5.91 Å². The highest BCUT2D eigenvalue weighted by Crippen LogP contribution is 2.21. The van der Waals surface area contributed by atoms with Gasteiger partial charge in [-0.15, -0.1) is 0 Å². The highest BCUT2D eigenvalue weighted by molar-refractivity contribution is 5.92. The molecule has 2 heterocycles. The number of aromatic amines is 2. The summed E-state index contributed by atoms with van der Waals surface area (Å²) in [5.41, 5.74) is 4.35. The van der Waals surface area contributed by atoms with Crippen LogP contribution >= 0.6 is 0 Å². The lowest BCUT2D eigenvalue weighted by Crippen LogP contribution is -2.53. The van der Waals surface area contributed by atoms with E-state index in [0.717, 1.165) is 38.5 Å². The summed E-state index contributed by atoms with van der Waals surface area (Å²) in [5.74, 6) is -1.12. The molecule has 2 aromatic heterocycles. The minimum absolute atomic E-state index is 0.0550. The first-order valence-electron chi connectivity index (χ1n) is 13.0. The fourth-order valence-corrected chi connectivity index (χ4v) is 4.77. The molecule has 5 aromatic rings. The van der Waals surface area contributed by atoms with E-state index in [0.29, 0.717) is 0 Å². The number of methoxy groups -OCH3 is 1. The van der Waals surface area contributed by atoms with Crippen LogP contribution in [0.3, 0.4) is 0 Å². The SMILES string of the molecule is COC(=O)[C@@H](Cc1c[nH]c2ccccc12)NC(=O)[C@H](Cc1c[nH]c2ccccc12)NC(=O)OCc1ccccc1. The van der Waals surface area contributed by atoms with Crippen LogP contribution < -0.4 is 10.6 Å². The van der Waals surface area contributed by atoms with E-state index in [1.165, 1.54) is 7.11 Å². The fraction of sp³-hybridized carbons (Fsp3) is 0.194. The Morgan fingerprint density at radius 2 is 1.27 bits per heavy atom. The van der Waals surface area contributed by atoms with Gasteiger partial charge in [-0.05, 0) is 28.8 Å². The maximum atomic E-state index is 13.6. The maximum absolute atomic E-state index is 13.6. The van der Waals surface area contributed by atoms with Gasteiger partial charge in [0.15, 0.2) is 0 Å². The van der Waals surface area contributed by atoms with Crippen LogP contribution in [0, 0.1) is 0 Å². The van der Waals surface area contributed by atoms with E-state index in [2.05, 4.69) is 20.6 Å². The number of para-hydroxylation sites is 2. The highest BCUT2D eigenvalue weighted by atomic mass is 16.5. The number of aromatic nitrogens is 2. The number of carbonyl (C=O) groups excluding carboxylic acids is 3. The molecule has 2 amide bonds. The van der Waals surface area contributed by atoms with Crippen LogP contribution in [0.4, 0.5) is 4.79 Å². The predicted molar refractivity (Wildman–Crippen MR) is 152 cm³/mol. The largest absolute Gasteiger partial charge is 0.467 e. The van der Waals surface area contributed by atoms with E-state index >= 15 is 0 Å². The van der Waals surface area contributed by atoms with E-state index in [1.807, 2.05) is 91.3 Å². The van der Waals surface area contributed by atoms with Crippen molar-refractivity contribution in [1.82, 2.24) is 20.6 Å². The molecule has 0 radical (unpaired) electrons. The van der Waals surface area contributed by atoms with Crippen molar-refractivity contribution < 1.29 is 23.9 Å². The van der Waals surface area contributed by atoms with Gasteiger partial charge in [0, 0.05) is 47.0 Å². The van der Waals surface area contributed by atoms with Gasteiger partial charge >= 0.3 is 12.1 Å². The van der Waals surface area contributed by atoms with Crippen molar-refractivity contribution in [1.29, 1.82) is 0 Å². The highest BCUT2D eigenvalue weighted by Gasteiger charge is 2.29. The molecular formula is C31H30N4O5. The monoisotopic (exact) mass is 538 g/mol. The molecule has 3 aromatic carbocycles. The van der Waals surface area contributed by atoms with Crippen LogP contribution in [0.25, 0.3) is 21.8 Å². The molecule has 0 saturated carbocycles. The lowest BCUT2D eigenvalue weighted by atomic mass is 10.0. The Hall–Kier alpha value is -5.05. The average molecular weight is 539 g/mol. The third-order valence-corrected chi connectivity index (χ3v) is 6.82. The summed E-state index contributed by atoms with van der Waals surface area (Å²) in [6, 6.07) is 22.7. The van der Waals surface area contributed by atoms with Crippen molar-refractivity contribution in [3.63, 3.8) is 0 Å². The maximum Gasteiger partial charge on any atom is 0.408 e. The van der Waals surface area contributed by atoms with Crippen LogP contribution in [0.2, 0.25) is 0 Å². The lowest BCUT2D eigenvalue weighted by Gasteiger charge is -2.22. The number of amides is 2. The lowest BCUT2D eigenvalue weighted by molar-refractivity contribution is -0.145. The zero-order valence-electron chi connectivity index (χ0n) is 22.0. The van der Waals surface area contributed by atoms with Crippen LogP contribution in [0.15, 0.2) is 91.3 Å². The van der Waals surface area contributed by atoms with Gasteiger partial charge in [0.25, 0.3) is 0 Å². The number of benzene rings is 3. The van der Waals surface area contributed by atoms with Crippen molar-refractivity contribution in [2.75, 3.05) is 7.11 Å². The number of fused-ring (bicyclic) bond motifs is 2. The molecule has 0 aliphatic heterocycles. The number of hydrogen-bond acceptors (Lipinski definition) is 5. The number of rotatable bonds is 10. The van der Waals surface area contributed by atoms with Crippen molar-refractivity contribution in [3.8, 4) is 0 Å². The van der Waals surface area contributed by atoms with E-state index < -0.39 is 30.1 Å². The molecule has 40 heavy (non-hydrogen) atoms. The van der Waals surface area contributed by atoms with Gasteiger partial charge in [-0.2, -0.15) is 0 Å². The third-order valence-electron chi connectivity index (χ3n) is 6.82. The van der Waals surface area contributed by atoms with Crippen LogP contribution in [-0.2, 0) is 38.5 Å². The van der Waals surface area contributed by atoms with Gasteiger partial charge in [0.05, 0.1) is 7.11 Å². The summed E-state index contributed by atoms with van der Waals surface area (Å²) >= 11 is 0. The molecular weight excluding hydrogens is 508 g/mol. The van der Waals surface area contributed by atoms with E-state index in [4.69, 9.17) is 9.47 Å². The first-order valence-corrected chi connectivity index (χ1v) is 13.0. The van der Waals surface area contributed by atoms with Crippen LogP contribution in [0.5, 0.6) is 0 Å². The smallest absolute Gasteiger partial charge is 0.408 e. The molecule has 0 fully saturated rings. The molecule has 0 unspecified atom stereocenters. The van der Waals surface area contributed by atoms with Crippen molar-refractivity contribution >= 4 is 39.8 Å². The number of nitrogens with one attached hydrogen (secondary N) is 4. The van der Waals surface area contributed by atoms with Gasteiger partial charge in [-0.25, -0.2) is 9.59 Å². The Bertz CT molecular complexity index is 1620. The molecule has 0 aliphatic carbocycles. The Kier molecular flexibility index (Phi) is 8.10. The van der Waals surface area contributed by atoms with Gasteiger partial charge in [-0.3, -0.25) is 4.79 Å². The molecule has 0 saturated heterocycles. The fourth-order valence-electron chi connectivity index (χ4n) is 4.77. The number of hydrogen-bond donors (Lipinski definition) is 4. The Morgan fingerprint density at radius 3 is 1.88 bits per heavy atom. The summed E-state index contributed by atoms with van der Waals surface area (Å²) in [7, 11) is 1.28. The standard InChI is InChI=1S/C31H30N4O5/c1-39-30(37)28(16-22-18-33-26-14-8-6-12-24(22)26)34-29(36)27(15-21-17-32-25-13-7-5-11-23(21)25)35-31(38)40-19-20-9-3-2-4-10-20/h2-14,17-18,27-28,32-33H,15-16,19H2,1H3,(H,34,36)(H,35,38)/t27-,28+/m0/s1. The van der Waals surface area contributed by atoms with Gasteiger partial charge < -0.3 is 30.1 Å². The van der Waals surface area contributed by atoms with E-state index in [1.54, 1.807) is 0 Å². The Morgan fingerprint density at radius 1 is 0.725 bits per heavy atom. The van der Waals surface area contributed by atoms with Crippen molar-refractivity contribution in [2.45, 2.75) is 31.5 Å². The van der Waals surface area contributed by atoms with Crippen molar-refractivity contribution in [3.05, 3.63) is 108 Å². The topological polar surface area (TPSA) is 125 Å². The van der Waals surface area contributed by atoms with Crippen LogP contribution in [0.1, 0.15) is 16.7 Å². The summed E-state index contributed by atoms with van der Waals surface area (Å²) in [4.78, 5) is 45.5. The molecule has 9 nitrogen and oxygen atoms in total. The Balaban J connectivity index is 1.35. The van der Waals surface area contributed by atoms with E-state index in [9.17, 15) is 14.4 Å². The molecule has 0 aliphatic rings. The minimum Gasteiger partial charge on any atom is -0.467 e. The van der Waals surface area contributed by atoms with E-state index in [-0.39, 0.29) is 19.4 Å². The molecule has 2 atom stereocenters. The molecule has 0 bridgehead atoms. The first kappa shape index (κ1) is 26.6. The zero-order chi connectivity index (χ0) is 27.9. The molecule has 0 spiro atoms. The second-order valence-corrected chi connectivity index (χ2v) is 9.47. The second kappa shape index (κ2) is 12.2. The zero-order valence-corrected chi connectivity index (χ0v) is 22.0. The summed E-state index contributed by atoms with van der Waals surface area (Å²) < 4.78 is 10.4. The van der Waals surface area contributed by atoms with Crippen molar-refractivity contribution in [2.24, 2.45) is 0 Å². The summed E-state index contributed by atoms with van der Waals surface area (Å²) in [5, 5.41) is 7.38. The second-order valence-electron chi connectivity index (χ2n) is 9.47. The summed E-state index contributed by atoms with van der Waals surface area (Å²) in [6.45, 7) is 0.0550. The summed E-state index contributed by atoms with van der Waals surface area (Å²) in [6.07, 6.45) is 3.27. The molecule has 4 N–H and O–H groups in total.